The molecule has 1 spiro atoms. The van der Waals surface area contributed by atoms with Crippen LogP contribution in [-0.2, 0) is 24.5 Å². The number of esters is 1. The molecule has 1 aliphatic carbocycles. The third-order valence-electron chi connectivity index (χ3n) is 6.40. The van der Waals surface area contributed by atoms with E-state index < -0.39 is 34.7 Å². The molecular weight excluding hydrogens is 416 g/mol. The third kappa shape index (κ3) is 3.54. The zero-order valence-corrected chi connectivity index (χ0v) is 19.1. The lowest BCUT2D eigenvalue weighted by Crippen LogP contribution is -2.55. The van der Waals surface area contributed by atoms with Crippen LogP contribution < -0.4 is 5.32 Å². The Hall–Kier alpha value is -3.72. The number of rotatable bonds is 3. The van der Waals surface area contributed by atoms with Crippen molar-refractivity contribution in [1.82, 2.24) is 0 Å². The Kier molecular flexibility index (Phi) is 5.45. The molecule has 1 aliphatic heterocycles. The van der Waals surface area contributed by atoms with Crippen molar-refractivity contribution in [3.63, 3.8) is 0 Å². The monoisotopic (exact) mass is 442 g/mol. The molecule has 1 heterocycles. The number of anilines is 1. The molecule has 33 heavy (non-hydrogen) atoms. The van der Waals surface area contributed by atoms with Crippen molar-refractivity contribution in [2.24, 2.45) is 11.8 Å². The van der Waals surface area contributed by atoms with Gasteiger partial charge in [-0.3, -0.25) is 14.4 Å². The second kappa shape index (κ2) is 8.00. The van der Waals surface area contributed by atoms with Crippen molar-refractivity contribution >= 4 is 23.9 Å². The Labute approximate surface area is 193 Å². The molecule has 2 aliphatic rings. The van der Waals surface area contributed by atoms with Gasteiger partial charge in [0.25, 0.3) is 0 Å². The van der Waals surface area contributed by atoms with Gasteiger partial charge in [0.2, 0.25) is 5.91 Å². The van der Waals surface area contributed by atoms with E-state index in [1.807, 2.05) is 25.1 Å². The van der Waals surface area contributed by atoms with Gasteiger partial charge in [-0.05, 0) is 61.6 Å². The second-order valence-corrected chi connectivity index (χ2v) is 9.69. The lowest BCUT2D eigenvalue weighted by atomic mass is 9.53. The third-order valence-corrected chi connectivity index (χ3v) is 6.40. The minimum atomic E-state index is -1.41. The summed E-state index contributed by atoms with van der Waals surface area (Å²) in [6, 6.07) is 16.2. The number of nitrogens with zero attached hydrogens (tertiary/aromatic N) is 1. The van der Waals surface area contributed by atoms with Crippen molar-refractivity contribution in [3.8, 4) is 6.07 Å². The van der Waals surface area contributed by atoms with Crippen molar-refractivity contribution in [1.29, 1.82) is 5.26 Å². The lowest BCUT2D eigenvalue weighted by molar-refractivity contribution is -0.167. The molecular formula is C27H26N2O4. The molecule has 168 valence electrons. The Morgan fingerprint density at radius 2 is 1.91 bits per heavy atom. The molecule has 1 amide bonds. The number of benzene rings is 2. The number of carbonyl (C=O) groups is 3. The standard InChI is InChI=1S/C27H26N2O4/c1-16-12-19(15-30)23(18-9-7-8-17(13-18)14-28)27(22(16)24(31)33-26(2,3)4)20-10-5-6-11-21(20)29-25(27)32/h5-13,15-16,22-23H,1-4H3,(H,29,32)/t16-,22-,23-,27+/m0/s1. The number of hydrogen-bond donors (Lipinski definition) is 1. The van der Waals surface area contributed by atoms with Gasteiger partial charge < -0.3 is 10.1 Å². The normalized spacial score (nSPS) is 26.1. The first-order chi connectivity index (χ1) is 15.6. The van der Waals surface area contributed by atoms with E-state index in [-0.39, 0.29) is 5.91 Å². The van der Waals surface area contributed by atoms with Gasteiger partial charge in [0, 0.05) is 11.6 Å². The summed E-state index contributed by atoms with van der Waals surface area (Å²) in [6.45, 7) is 7.19. The highest BCUT2D eigenvalue weighted by molar-refractivity contribution is 6.11. The van der Waals surface area contributed by atoms with Crippen molar-refractivity contribution < 1.29 is 19.1 Å². The van der Waals surface area contributed by atoms with Gasteiger partial charge in [-0.25, -0.2) is 0 Å². The number of allylic oxidation sites excluding steroid dienone is 2. The predicted octanol–water partition coefficient (Wildman–Crippen LogP) is 4.26. The Bertz CT molecular complexity index is 1220. The van der Waals surface area contributed by atoms with Crippen LogP contribution in [0, 0.1) is 23.2 Å². The molecule has 0 bridgehead atoms. The number of ether oxygens (including phenoxy) is 1. The van der Waals surface area contributed by atoms with Crippen molar-refractivity contribution in [3.05, 3.63) is 76.9 Å². The highest BCUT2D eigenvalue weighted by Gasteiger charge is 2.64. The largest absolute Gasteiger partial charge is 0.460 e. The molecule has 0 saturated heterocycles. The van der Waals surface area contributed by atoms with E-state index in [1.165, 1.54) is 0 Å². The molecule has 0 aromatic heterocycles. The summed E-state index contributed by atoms with van der Waals surface area (Å²) in [4.78, 5) is 39.9. The first-order valence-electron chi connectivity index (χ1n) is 10.9. The average Bonchev–Trinajstić information content (AvgIpc) is 3.04. The van der Waals surface area contributed by atoms with E-state index in [1.54, 1.807) is 57.2 Å². The minimum Gasteiger partial charge on any atom is -0.460 e. The van der Waals surface area contributed by atoms with Crippen LogP contribution in [0.5, 0.6) is 0 Å². The van der Waals surface area contributed by atoms with Crippen LogP contribution in [0.15, 0.2) is 60.2 Å². The van der Waals surface area contributed by atoms with Gasteiger partial charge in [0.15, 0.2) is 0 Å². The van der Waals surface area contributed by atoms with Gasteiger partial charge in [0.05, 0.1) is 17.6 Å². The average molecular weight is 443 g/mol. The van der Waals surface area contributed by atoms with E-state index >= 15 is 0 Å². The zero-order chi connectivity index (χ0) is 24.0. The van der Waals surface area contributed by atoms with Crippen LogP contribution >= 0.6 is 0 Å². The molecule has 0 fully saturated rings. The summed E-state index contributed by atoms with van der Waals surface area (Å²) < 4.78 is 5.81. The van der Waals surface area contributed by atoms with Gasteiger partial charge in [0.1, 0.15) is 17.3 Å². The quantitative estimate of drug-likeness (QED) is 0.566. The number of aldehydes is 1. The highest BCUT2D eigenvalue weighted by atomic mass is 16.6. The number of nitrogens with one attached hydrogen (secondary N) is 1. The fraction of sp³-hybridized carbons (Fsp3) is 0.333. The Morgan fingerprint density at radius 3 is 2.58 bits per heavy atom. The molecule has 6 heteroatoms. The summed E-state index contributed by atoms with van der Waals surface area (Å²) in [5.74, 6) is -2.93. The Morgan fingerprint density at radius 1 is 1.18 bits per heavy atom. The fourth-order valence-electron chi connectivity index (χ4n) is 5.37. The molecule has 2 aromatic carbocycles. The van der Waals surface area contributed by atoms with E-state index in [0.717, 1.165) is 6.29 Å². The molecule has 4 atom stereocenters. The summed E-state index contributed by atoms with van der Waals surface area (Å²) in [7, 11) is 0. The maximum absolute atomic E-state index is 13.9. The molecule has 0 saturated carbocycles. The molecule has 0 unspecified atom stereocenters. The predicted molar refractivity (Wildman–Crippen MR) is 123 cm³/mol. The fourth-order valence-corrected chi connectivity index (χ4v) is 5.37. The maximum atomic E-state index is 13.9. The number of amides is 1. The van der Waals surface area contributed by atoms with Crippen LogP contribution in [0.3, 0.4) is 0 Å². The Balaban J connectivity index is 2.06. The van der Waals surface area contributed by atoms with Gasteiger partial charge in [-0.2, -0.15) is 5.26 Å². The summed E-state index contributed by atoms with van der Waals surface area (Å²) in [5.41, 5.74) is 0.542. The molecule has 1 N–H and O–H groups in total. The van der Waals surface area contributed by atoms with Gasteiger partial charge in [-0.15, -0.1) is 0 Å². The van der Waals surface area contributed by atoms with Gasteiger partial charge >= 0.3 is 5.97 Å². The van der Waals surface area contributed by atoms with Crippen LogP contribution in [-0.4, -0.2) is 23.8 Å². The molecule has 2 aromatic rings. The first kappa shape index (κ1) is 22.5. The molecule has 4 rings (SSSR count). The minimum absolute atomic E-state index is 0.355. The van der Waals surface area contributed by atoms with E-state index in [9.17, 15) is 19.6 Å². The summed E-state index contributed by atoms with van der Waals surface area (Å²) in [5, 5.41) is 12.4. The molecule has 0 radical (unpaired) electrons. The van der Waals surface area contributed by atoms with E-state index in [2.05, 4.69) is 11.4 Å². The van der Waals surface area contributed by atoms with Crippen LogP contribution in [0.2, 0.25) is 0 Å². The van der Waals surface area contributed by atoms with Crippen LogP contribution in [0.4, 0.5) is 5.69 Å². The first-order valence-corrected chi connectivity index (χ1v) is 10.9. The van der Waals surface area contributed by atoms with Crippen molar-refractivity contribution in [2.45, 2.75) is 44.6 Å². The van der Waals surface area contributed by atoms with Crippen LogP contribution in [0.25, 0.3) is 0 Å². The highest BCUT2D eigenvalue weighted by Crippen LogP contribution is 2.59. The summed E-state index contributed by atoms with van der Waals surface area (Å²) >= 11 is 0. The van der Waals surface area contributed by atoms with Crippen LogP contribution in [0.1, 0.15) is 50.3 Å². The zero-order valence-electron chi connectivity index (χ0n) is 19.1. The number of carbonyl (C=O) groups excluding carboxylic acids is 3. The smallest absolute Gasteiger partial charge is 0.311 e. The van der Waals surface area contributed by atoms with E-state index in [4.69, 9.17) is 4.74 Å². The lowest BCUT2D eigenvalue weighted by Gasteiger charge is -2.47. The number of fused-ring (bicyclic) bond motifs is 2. The topological polar surface area (TPSA) is 96.3 Å². The number of hydrogen-bond acceptors (Lipinski definition) is 5. The van der Waals surface area contributed by atoms with Gasteiger partial charge in [-0.1, -0.05) is 43.3 Å². The SMILES string of the molecule is C[C@H]1C=C(C=O)[C@H](c2cccc(C#N)c2)[C@]2(C(=O)Nc3ccccc32)[C@@H]1C(=O)OC(C)(C)C. The maximum Gasteiger partial charge on any atom is 0.311 e. The van der Waals surface area contributed by atoms with E-state index in [0.29, 0.717) is 28.0 Å². The number of para-hydroxylation sites is 1. The number of nitriles is 1. The summed E-state index contributed by atoms with van der Waals surface area (Å²) in [6.07, 6.45) is 2.51. The molecule has 6 nitrogen and oxygen atoms in total. The second-order valence-electron chi connectivity index (χ2n) is 9.69. The van der Waals surface area contributed by atoms with Crippen molar-refractivity contribution in [2.75, 3.05) is 5.32 Å².